The fourth-order valence-corrected chi connectivity index (χ4v) is 2.06. The lowest BCUT2D eigenvalue weighted by Crippen LogP contribution is -1.90. The van der Waals surface area contributed by atoms with Crippen molar-refractivity contribution in [2.24, 2.45) is 0 Å². The molecule has 2 heterocycles. The third-order valence-electron chi connectivity index (χ3n) is 3.24. The third kappa shape index (κ3) is 2.81. The zero-order valence-corrected chi connectivity index (χ0v) is 12.2. The molecule has 0 spiro atoms. The van der Waals surface area contributed by atoms with Crippen LogP contribution in [-0.2, 0) is 6.42 Å². The van der Waals surface area contributed by atoms with E-state index in [0.29, 0.717) is 11.5 Å². The topological polar surface area (TPSA) is 61.0 Å². The SMILES string of the molecule is CCc1cc(OC)cc(-c2noc(-c3ccc(F)cn3)n2)c1. The molecule has 0 bridgehead atoms. The molecule has 0 amide bonds. The molecule has 112 valence electrons. The van der Waals surface area contributed by atoms with Crippen molar-refractivity contribution in [3.8, 4) is 28.7 Å². The van der Waals surface area contributed by atoms with E-state index < -0.39 is 5.82 Å². The molecule has 3 aromatic rings. The van der Waals surface area contributed by atoms with Crippen molar-refractivity contribution in [2.75, 3.05) is 7.11 Å². The van der Waals surface area contributed by atoms with Gasteiger partial charge in [0.05, 0.1) is 13.3 Å². The minimum atomic E-state index is -0.413. The van der Waals surface area contributed by atoms with E-state index in [1.165, 1.54) is 12.1 Å². The minimum absolute atomic E-state index is 0.246. The highest BCUT2D eigenvalue weighted by Gasteiger charge is 2.13. The molecule has 1 aromatic carbocycles. The van der Waals surface area contributed by atoms with Crippen LogP contribution >= 0.6 is 0 Å². The van der Waals surface area contributed by atoms with Crippen molar-refractivity contribution in [3.05, 3.63) is 47.9 Å². The molecular formula is C16H14FN3O2. The van der Waals surface area contributed by atoms with Gasteiger partial charge in [0.2, 0.25) is 5.82 Å². The second-order valence-corrected chi connectivity index (χ2v) is 4.71. The maximum Gasteiger partial charge on any atom is 0.276 e. The molecule has 22 heavy (non-hydrogen) atoms. The van der Waals surface area contributed by atoms with Gasteiger partial charge in [0.25, 0.3) is 5.89 Å². The zero-order chi connectivity index (χ0) is 15.5. The summed E-state index contributed by atoms with van der Waals surface area (Å²) in [6, 6.07) is 8.58. The molecule has 6 heteroatoms. The fourth-order valence-electron chi connectivity index (χ4n) is 2.06. The average molecular weight is 299 g/mol. The minimum Gasteiger partial charge on any atom is -0.497 e. The summed E-state index contributed by atoms with van der Waals surface area (Å²) in [7, 11) is 1.61. The molecule has 0 aliphatic carbocycles. The zero-order valence-electron chi connectivity index (χ0n) is 12.2. The Kier molecular flexibility index (Phi) is 3.82. The summed E-state index contributed by atoms with van der Waals surface area (Å²) in [6.45, 7) is 2.06. The molecule has 5 nitrogen and oxygen atoms in total. The van der Waals surface area contributed by atoms with E-state index in [9.17, 15) is 4.39 Å². The first-order chi connectivity index (χ1) is 10.7. The summed E-state index contributed by atoms with van der Waals surface area (Å²) < 4.78 is 23.4. The van der Waals surface area contributed by atoms with Crippen LogP contribution in [0.4, 0.5) is 4.39 Å². The molecule has 0 radical (unpaired) electrons. The molecular weight excluding hydrogens is 285 g/mol. The van der Waals surface area contributed by atoms with Gasteiger partial charge in [-0.15, -0.1) is 0 Å². The Bertz CT molecular complexity index is 762. The van der Waals surface area contributed by atoms with Gasteiger partial charge in [0, 0.05) is 5.56 Å². The number of methoxy groups -OCH3 is 1. The second kappa shape index (κ2) is 5.93. The first-order valence-corrected chi connectivity index (χ1v) is 6.83. The van der Waals surface area contributed by atoms with Gasteiger partial charge in [0.15, 0.2) is 0 Å². The van der Waals surface area contributed by atoms with Crippen LogP contribution in [0.3, 0.4) is 0 Å². The van der Waals surface area contributed by atoms with Crippen molar-refractivity contribution in [1.82, 2.24) is 15.1 Å². The highest BCUT2D eigenvalue weighted by molar-refractivity contribution is 5.61. The Balaban J connectivity index is 1.98. The Morgan fingerprint density at radius 2 is 2.09 bits per heavy atom. The van der Waals surface area contributed by atoms with E-state index in [1.54, 1.807) is 7.11 Å². The number of nitrogens with zero attached hydrogens (tertiary/aromatic N) is 3. The largest absolute Gasteiger partial charge is 0.497 e. The molecule has 0 unspecified atom stereocenters. The average Bonchev–Trinajstić information content (AvgIpc) is 3.05. The molecule has 3 rings (SSSR count). The molecule has 0 saturated heterocycles. The summed E-state index contributed by atoms with van der Waals surface area (Å²) in [5.74, 6) is 1.01. The van der Waals surface area contributed by atoms with E-state index in [-0.39, 0.29) is 5.89 Å². The van der Waals surface area contributed by atoms with E-state index in [1.807, 2.05) is 18.2 Å². The number of aryl methyl sites for hydroxylation is 1. The first-order valence-electron chi connectivity index (χ1n) is 6.83. The predicted octanol–water partition coefficient (Wildman–Crippen LogP) is 3.51. The van der Waals surface area contributed by atoms with Gasteiger partial charge < -0.3 is 9.26 Å². The standard InChI is InChI=1S/C16H14FN3O2/c1-3-10-6-11(8-13(7-10)21-2)15-19-16(22-20-15)14-5-4-12(17)9-18-14/h4-9H,3H2,1-2H3. The molecule has 0 aliphatic rings. The van der Waals surface area contributed by atoms with Crippen LogP contribution in [0.5, 0.6) is 5.75 Å². The van der Waals surface area contributed by atoms with Crippen LogP contribution in [0.1, 0.15) is 12.5 Å². The van der Waals surface area contributed by atoms with Crippen LogP contribution in [-0.4, -0.2) is 22.2 Å². The molecule has 0 saturated carbocycles. The number of aromatic nitrogens is 3. The van der Waals surface area contributed by atoms with Crippen molar-refractivity contribution < 1.29 is 13.7 Å². The predicted molar refractivity (Wildman–Crippen MR) is 78.9 cm³/mol. The number of hydrogen-bond acceptors (Lipinski definition) is 5. The number of pyridine rings is 1. The highest BCUT2D eigenvalue weighted by Crippen LogP contribution is 2.26. The van der Waals surface area contributed by atoms with Gasteiger partial charge in [-0.3, -0.25) is 0 Å². The number of hydrogen-bond donors (Lipinski definition) is 0. The maximum absolute atomic E-state index is 12.9. The monoisotopic (exact) mass is 299 g/mol. The van der Waals surface area contributed by atoms with Crippen LogP contribution in [0.25, 0.3) is 23.0 Å². The smallest absolute Gasteiger partial charge is 0.276 e. The van der Waals surface area contributed by atoms with Gasteiger partial charge in [-0.25, -0.2) is 9.37 Å². The van der Waals surface area contributed by atoms with Gasteiger partial charge in [-0.1, -0.05) is 12.1 Å². The molecule has 0 fully saturated rings. The van der Waals surface area contributed by atoms with E-state index in [2.05, 4.69) is 22.0 Å². The quantitative estimate of drug-likeness (QED) is 0.737. The fraction of sp³-hybridized carbons (Fsp3) is 0.188. The molecule has 0 atom stereocenters. The van der Waals surface area contributed by atoms with Crippen LogP contribution in [0.15, 0.2) is 41.1 Å². The van der Waals surface area contributed by atoms with Crippen molar-refractivity contribution in [1.29, 1.82) is 0 Å². The Labute approximate surface area is 126 Å². The van der Waals surface area contributed by atoms with Gasteiger partial charge in [-0.2, -0.15) is 4.98 Å². The number of rotatable bonds is 4. The van der Waals surface area contributed by atoms with Crippen LogP contribution in [0.2, 0.25) is 0 Å². The first kappa shape index (κ1) is 14.2. The van der Waals surface area contributed by atoms with Crippen LogP contribution < -0.4 is 4.74 Å². The summed E-state index contributed by atoms with van der Waals surface area (Å²) in [6.07, 6.45) is 1.98. The van der Waals surface area contributed by atoms with E-state index in [4.69, 9.17) is 9.26 Å². The summed E-state index contributed by atoms with van der Waals surface area (Å²) in [5.41, 5.74) is 2.34. The summed E-state index contributed by atoms with van der Waals surface area (Å²) >= 11 is 0. The van der Waals surface area contributed by atoms with E-state index >= 15 is 0 Å². The highest BCUT2D eigenvalue weighted by atomic mass is 19.1. The normalized spacial score (nSPS) is 10.7. The van der Waals surface area contributed by atoms with Crippen molar-refractivity contribution in [3.63, 3.8) is 0 Å². The Morgan fingerprint density at radius 3 is 2.77 bits per heavy atom. The van der Waals surface area contributed by atoms with Gasteiger partial charge in [0.1, 0.15) is 17.3 Å². The van der Waals surface area contributed by atoms with Crippen molar-refractivity contribution >= 4 is 0 Å². The molecule has 0 aliphatic heterocycles. The Hall–Kier alpha value is -2.76. The van der Waals surface area contributed by atoms with Gasteiger partial charge in [-0.05, 0) is 42.3 Å². The van der Waals surface area contributed by atoms with E-state index in [0.717, 1.165) is 29.5 Å². The lowest BCUT2D eigenvalue weighted by Gasteiger charge is -2.05. The lowest BCUT2D eigenvalue weighted by molar-refractivity contribution is 0.414. The third-order valence-corrected chi connectivity index (χ3v) is 3.24. The number of ether oxygens (including phenoxy) is 1. The maximum atomic E-state index is 12.9. The van der Waals surface area contributed by atoms with Gasteiger partial charge >= 0.3 is 0 Å². The van der Waals surface area contributed by atoms with Crippen molar-refractivity contribution in [2.45, 2.75) is 13.3 Å². The van der Waals surface area contributed by atoms with Crippen LogP contribution in [0, 0.1) is 5.82 Å². The summed E-state index contributed by atoms with van der Waals surface area (Å²) in [4.78, 5) is 8.24. The molecule has 0 N–H and O–H groups in total. The molecule has 2 aromatic heterocycles. The number of benzene rings is 1. The number of halogens is 1. The lowest BCUT2D eigenvalue weighted by atomic mass is 10.1. The Morgan fingerprint density at radius 1 is 1.23 bits per heavy atom. The second-order valence-electron chi connectivity index (χ2n) is 4.71. The summed E-state index contributed by atoms with van der Waals surface area (Å²) in [5, 5.41) is 3.96.